The Morgan fingerprint density at radius 1 is 1.45 bits per heavy atom. The molecule has 0 aromatic carbocycles. The lowest BCUT2D eigenvalue weighted by Gasteiger charge is -2.26. The largest absolute Gasteiger partial charge is 0.353 e. The Labute approximate surface area is 66.7 Å². The summed E-state index contributed by atoms with van der Waals surface area (Å²) in [5.41, 5.74) is 0. The van der Waals surface area contributed by atoms with Crippen LogP contribution in [0.3, 0.4) is 0 Å². The van der Waals surface area contributed by atoms with Crippen LogP contribution in [-0.2, 0) is 14.3 Å². The molecule has 1 aliphatic heterocycles. The van der Waals surface area contributed by atoms with Crippen molar-refractivity contribution in [3.63, 3.8) is 0 Å². The molecule has 0 atom stereocenters. The van der Waals surface area contributed by atoms with E-state index in [0.717, 1.165) is 25.9 Å². The molecular weight excluding hydrogens is 144 g/mol. The minimum Gasteiger partial charge on any atom is -0.353 e. The van der Waals surface area contributed by atoms with E-state index in [1.165, 1.54) is 0 Å². The van der Waals surface area contributed by atoms with Gasteiger partial charge in [0.2, 0.25) is 0 Å². The molecule has 0 aromatic heterocycles. The van der Waals surface area contributed by atoms with E-state index in [0.29, 0.717) is 12.3 Å². The molecule has 1 fully saturated rings. The van der Waals surface area contributed by atoms with Crippen LogP contribution in [0.15, 0.2) is 0 Å². The van der Waals surface area contributed by atoms with Crippen LogP contribution < -0.4 is 0 Å². The molecule has 0 saturated carbocycles. The Morgan fingerprint density at radius 2 is 2.09 bits per heavy atom. The first-order valence-corrected chi connectivity index (χ1v) is 3.99. The third-order valence-electron chi connectivity index (χ3n) is 1.83. The molecule has 64 valence electrons. The fourth-order valence-electron chi connectivity index (χ4n) is 1.11. The summed E-state index contributed by atoms with van der Waals surface area (Å²) in [5, 5.41) is 0. The minimum absolute atomic E-state index is 0.0671. The van der Waals surface area contributed by atoms with Crippen molar-refractivity contribution in [3.8, 4) is 0 Å². The predicted molar refractivity (Wildman–Crippen MR) is 40.2 cm³/mol. The Hall–Kier alpha value is -0.410. The average molecular weight is 158 g/mol. The molecule has 0 radical (unpaired) electrons. The number of aldehydes is 1. The monoisotopic (exact) mass is 158 g/mol. The van der Waals surface area contributed by atoms with E-state index >= 15 is 0 Å². The maximum atomic E-state index is 10.0. The summed E-state index contributed by atoms with van der Waals surface area (Å²) in [5.74, 6) is 0.413. The van der Waals surface area contributed by atoms with Gasteiger partial charge in [-0.15, -0.1) is 0 Å². The van der Waals surface area contributed by atoms with Gasteiger partial charge in [-0.25, -0.2) is 0 Å². The maximum Gasteiger partial charge on any atom is 0.154 e. The second-order valence-corrected chi connectivity index (χ2v) is 2.84. The molecular formula is C8H14O3. The molecule has 0 spiro atoms. The fourth-order valence-corrected chi connectivity index (χ4v) is 1.11. The highest BCUT2D eigenvalue weighted by Crippen LogP contribution is 2.14. The van der Waals surface area contributed by atoms with Crippen molar-refractivity contribution in [2.24, 2.45) is 5.92 Å². The van der Waals surface area contributed by atoms with Crippen LogP contribution in [0, 0.1) is 5.92 Å². The smallest absolute Gasteiger partial charge is 0.154 e. The van der Waals surface area contributed by atoms with Crippen molar-refractivity contribution < 1.29 is 14.3 Å². The first-order valence-electron chi connectivity index (χ1n) is 3.99. The summed E-state index contributed by atoms with van der Waals surface area (Å²) in [6.07, 6.45) is 2.38. The molecule has 11 heavy (non-hydrogen) atoms. The van der Waals surface area contributed by atoms with Crippen molar-refractivity contribution in [1.29, 1.82) is 0 Å². The molecule has 0 amide bonds. The Bertz CT molecular complexity index is 117. The lowest BCUT2D eigenvalue weighted by Crippen LogP contribution is -2.29. The quantitative estimate of drug-likeness (QED) is 0.574. The van der Waals surface area contributed by atoms with Gasteiger partial charge >= 0.3 is 0 Å². The number of hydrogen-bond donors (Lipinski definition) is 0. The van der Waals surface area contributed by atoms with E-state index < -0.39 is 0 Å². The Balaban J connectivity index is 2.12. The normalized spacial score (nSPS) is 31.7. The van der Waals surface area contributed by atoms with E-state index in [-0.39, 0.29) is 6.29 Å². The topological polar surface area (TPSA) is 35.5 Å². The van der Waals surface area contributed by atoms with Gasteiger partial charge in [0.05, 0.1) is 13.2 Å². The number of hydrogen-bond acceptors (Lipinski definition) is 3. The van der Waals surface area contributed by atoms with Gasteiger partial charge < -0.3 is 14.3 Å². The van der Waals surface area contributed by atoms with Crippen LogP contribution in [0.4, 0.5) is 0 Å². The molecule has 1 rings (SSSR count). The summed E-state index contributed by atoms with van der Waals surface area (Å²) in [6.45, 7) is 3.35. The van der Waals surface area contributed by atoms with E-state index in [1.54, 1.807) is 0 Å². The number of carbonyl (C=O) groups is 1. The zero-order valence-corrected chi connectivity index (χ0v) is 6.79. The van der Waals surface area contributed by atoms with Crippen LogP contribution in [0.25, 0.3) is 0 Å². The number of carbonyl (C=O) groups excluding carboxylic acids is 1. The summed E-state index contributed by atoms with van der Waals surface area (Å²) < 4.78 is 10.5. The molecule has 1 aliphatic rings. The van der Waals surface area contributed by atoms with Gasteiger partial charge in [-0.05, 0) is 13.3 Å². The Kier molecular flexibility index (Phi) is 3.52. The van der Waals surface area contributed by atoms with E-state index in [1.807, 2.05) is 6.92 Å². The van der Waals surface area contributed by atoms with E-state index in [4.69, 9.17) is 9.47 Å². The van der Waals surface area contributed by atoms with Crippen molar-refractivity contribution in [2.75, 3.05) is 13.2 Å². The maximum absolute atomic E-state index is 10.0. The zero-order chi connectivity index (χ0) is 8.10. The molecule has 1 saturated heterocycles. The van der Waals surface area contributed by atoms with Crippen LogP contribution in [-0.4, -0.2) is 25.8 Å². The molecule has 0 aliphatic carbocycles. The van der Waals surface area contributed by atoms with Gasteiger partial charge in [0.15, 0.2) is 6.29 Å². The van der Waals surface area contributed by atoms with Crippen molar-refractivity contribution >= 4 is 6.29 Å². The van der Waals surface area contributed by atoms with Gasteiger partial charge in [-0.2, -0.15) is 0 Å². The van der Waals surface area contributed by atoms with Crippen LogP contribution in [0.2, 0.25) is 0 Å². The van der Waals surface area contributed by atoms with E-state index in [9.17, 15) is 4.79 Å². The molecule has 0 bridgehead atoms. The zero-order valence-electron chi connectivity index (χ0n) is 6.79. The molecule has 3 heteroatoms. The minimum atomic E-state index is -0.0671. The summed E-state index contributed by atoms with van der Waals surface area (Å²) in [6, 6.07) is 0. The predicted octanol–water partition coefficient (Wildman–Crippen LogP) is 0.975. The third kappa shape index (κ3) is 2.99. The lowest BCUT2D eigenvalue weighted by atomic mass is 10.1. The average Bonchev–Trinajstić information content (AvgIpc) is 2.04. The highest BCUT2D eigenvalue weighted by atomic mass is 16.7. The fraction of sp³-hybridized carbons (Fsp3) is 0.875. The number of rotatable bonds is 3. The summed E-state index contributed by atoms with van der Waals surface area (Å²) in [7, 11) is 0. The highest BCUT2D eigenvalue weighted by Gasteiger charge is 2.17. The molecule has 0 unspecified atom stereocenters. The van der Waals surface area contributed by atoms with Gasteiger partial charge in [0.1, 0.15) is 6.29 Å². The van der Waals surface area contributed by atoms with Crippen molar-refractivity contribution in [1.82, 2.24) is 0 Å². The molecule has 0 N–H and O–H groups in total. The van der Waals surface area contributed by atoms with Crippen LogP contribution >= 0.6 is 0 Å². The SMILES string of the molecule is C[C@H]1OC[C@H](CCC=O)CO1. The second kappa shape index (κ2) is 4.46. The lowest BCUT2D eigenvalue weighted by molar-refractivity contribution is -0.191. The van der Waals surface area contributed by atoms with Crippen LogP contribution in [0.1, 0.15) is 19.8 Å². The first kappa shape index (κ1) is 8.68. The molecule has 0 aromatic rings. The van der Waals surface area contributed by atoms with Crippen LogP contribution in [0.5, 0.6) is 0 Å². The molecule has 1 heterocycles. The summed E-state index contributed by atoms with van der Waals surface area (Å²) >= 11 is 0. The van der Waals surface area contributed by atoms with Gasteiger partial charge in [-0.3, -0.25) is 0 Å². The standard InChI is InChI=1S/C8H14O3/c1-7-10-5-8(6-11-7)3-2-4-9/h4,7-8H,2-3,5-6H2,1H3/t7-,8-. The van der Waals surface area contributed by atoms with E-state index in [2.05, 4.69) is 0 Å². The second-order valence-electron chi connectivity index (χ2n) is 2.84. The Morgan fingerprint density at radius 3 is 2.64 bits per heavy atom. The molecule has 3 nitrogen and oxygen atoms in total. The number of ether oxygens (including phenoxy) is 2. The first-order chi connectivity index (χ1) is 5.33. The third-order valence-corrected chi connectivity index (χ3v) is 1.83. The van der Waals surface area contributed by atoms with Gasteiger partial charge in [0, 0.05) is 12.3 Å². The van der Waals surface area contributed by atoms with Crippen molar-refractivity contribution in [3.05, 3.63) is 0 Å². The van der Waals surface area contributed by atoms with Crippen molar-refractivity contribution in [2.45, 2.75) is 26.1 Å². The van der Waals surface area contributed by atoms with Gasteiger partial charge in [0.25, 0.3) is 0 Å². The van der Waals surface area contributed by atoms with Gasteiger partial charge in [-0.1, -0.05) is 0 Å². The highest BCUT2D eigenvalue weighted by molar-refractivity contribution is 5.49. The summed E-state index contributed by atoms with van der Waals surface area (Å²) in [4.78, 5) is 10.0.